The molecular formula is C23H27FO5. The summed E-state index contributed by atoms with van der Waals surface area (Å²) in [5, 5.41) is 9.04. The van der Waals surface area contributed by atoms with Gasteiger partial charge in [-0.1, -0.05) is 6.07 Å². The molecule has 0 radical (unpaired) electrons. The number of hydrogen-bond acceptors (Lipinski definition) is 4. The van der Waals surface area contributed by atoms with Crippen molar-refractivity contribution in [2.45, 2.75) is 32.8 Å². The monoisotopic (exact) mass is 402 g/mol. The molecule has 2 unspecified atom stereocenters. The Balaban J connectivity index is 1.82. The predicted molar refractivity (Wildman–Crippen MR) is 108 cm³/mol. The molecule has 29 heavy (non-hydrogen) atoms. The van der Waals surface area contributed by atoms with Gasteiger partial charge in [-0.2, -0.15) is 0 Å². The smallest absolute Gasteiger partial charge is 0.306 e. The molecule has 6 heteroatoms. The van der Waals surface area contributed by atoms with Crippen LogP contribution in [0.3, 0.4) is 0 Å². The van der Waals surface area contributed by atoms with Gasteiger partial charge >= 0.3 is 5.97 Å². The van der Waals surface area contributed by atoms with E-state index in [-0.39, 0.29) is 23.8 Å². The molecule has 0 saturated heterocycles. The number of carboxylic acid groups (broad SMARTS) is 1. The molecule has 0 amide bonds. The Morgan fingerprint density at radius 3 is 2.69 bits per heavy atom. The molecule has 2 atom stereocenters. The quantitative estimate of drug-likeness (QED) is 0.631. The summed E-state index contributed by atoms with van der Waals surface area (Å²) in [6.45, 7) is 4.71. The molecule has 1 saturated carbocycles. The average Bonchev–Trinajstić information content (AvgIpc) is 3.46. The number of halogens is 1. The number of rotatable bonds is 10. The van der Waals surface area contributed by atoms with Crippen LogP contribution >= 0.6 is 0 Å². The number of carboxylic acids is 1. The summed E-state index contributed by atoms with van der Waals surface area (Å²) < 4.78 is 31.3. The summed E-state index contributed by atoms with van der Waals surface area (Å²) in [7, 11) is 1.62. The number of carbonyl (C=O) groups is 1. The van der Waals surface area contributed by atoms with Gasteiger partial charge in [0.2, 0.25) is 0 Å². The molecule has 1 fully saturated rings. The maximum Gasteiger partial charge on any atom is 0.306 e. The second-order valence-corrected chi connectivity index (χ2v) is 7.63. The zero-order valence-electron chi connectivity index (χ0n) is 17.0. The molecule has 2 aromatic carbocycles. The molecule has 0 bridgehead atoms. The van der Waals surface area contributed by atoms with E-state index in [2.05, 4.69) is 0 Å². The summed E-state index contributed by atoms with van der Waals surface area (Å²) in [6, 6.07) is 10.3. The Bertz CT molecular complexity index is 864. The zero-order chi connectivity index (χ0) is 21.0. The summed E-state index contributed by atoms with van der Waals surface area (Å²) in [5.41, 5.74) is 2.08. The van der Waals surface area contributed by atoms with Gasteiger partial charge in [0.05, 0.1) is 25.2 Å². The first kappa shape index (κ1) is 21.1. The van der Waals surface area contributed by atoms with E-state index in [0.29, 0.717) is 43.1 Å². The highest BCUT2D eigenvalue weighted by molar-refractivity contribution is 5.73. The van der Waals surface area contributed by atoms with Gasteiger partial charge in [0.1, 0.15) is 17.3 Å². The van der Waals surface area contributed by atoms with E-state index in [1.807, 2.05) is 32.0 Å². The summed E-state index contributed by atoms with van der Waals surface area (Å²) in [5.74, 6) is -0.0676. The fourth-order valence-electron chi connectivity index (χ4n) is 3.30. The SMILES string of the molecule is COCCc1cc(-c2cc(OC(C)C)ccc2F)ccc1OCC1CC1C(=O)O. The molecular weight excluding hydrogens is 375 g/mol. The highest BCUT2D eigenvalue weighted by Crippen LogP contribution is 2.39. The Kier molecular flexibility index (Phi) is 6.75. The van der Waals surface area contributed by atoms with Crippen LogP contribution in [-0.4, -0.2) is 37.5 Å². The van der Waals surface area contributed by atoms with Crippen LogP contribution in [-0.2, 0) is 16.0 Å². The Labute approximate surface area is 170 Å². The van der Waals surface area contributed by atoms with E-state index in [4.69, 9.17) is 19.3 Å². The van der Waals surface area contributed by atoms with Crippen molar-refractivity contribution < 1.29 is 28.5 Å². The number of aliphatic carboxylic acids is 1. The molecule has 156 valence electrons. The standard InChI is InChI=1S/C23H27FO5/c1-14(2)29-18-5-6-21(24)19(12-18)15-4-7-22(16(10-15)8-9-27-3)28-13-17-11-20(17)23(25)26/h4-7,10,12,14,17,20H,8-9,11,13H2,1-3H3,(H,25,26). The van der Waals surface area contributed by atoms with E-state index in [9.17, 15) is 9.18 Å². The van der Waals surface area contributed by atoms with Gasteiger partial charge in [-0.3, -0.25) is 4.79 Å². The van der Waals surface area contributed by atoms with Gasteiger partial charge in [-0.15, -0.1) is 0 Å². The first-order valence-corrected chi connectivity index (χ1v) is 9.83. The largest absolute Gasteiger partial charge is 0.493 e. The lowest BCUT2D eigenvalue weighted by Gasteiger charge is -2.15. The summed E-state index contributed by atoms with van der Waals surface area (Å²) in [6.07, 6.45) is 1.25. The third-order valence-corrected chi connectivity index (χ3v) is 4.95. The lowest BCUT2D eigenvalue weighted by atomic mass is 10.00. The first-order chi connectivity index (χ1) is 13.9. The maximum atomic E-state index is 14.5. The number of ether oxygens (including phenoxy) is 3. The fourth-order valence-corrected chi connectivity index (χ4v) is 3.30. The van der Waals surface area contributed by atoms with Crippen molar-refractivity contribution >= 4 is 5.97 Å². The van der Waals surface area contributed by atoms with Crippen molar-refractivity contribution in [1.29, 1.82) is 0 Å². The van der Waals surface area contributed by atoms with Crippen molar-refractivity contribution in [1.82, 2.24) is 0 Å². The van der Waals surface area contributed by atoms with Crippen LogP contribution in [0.1, 0.15) is 25.8 Å². The Morgan fingerprint density at radius 2 is 2.03 bits per heavy atom. The molecule has 0 aromatic heterocycles. The van der Waals surface area contributed by atoms with Crippen molar-refractivity contribution in [3.63, 3.8) is 0 Å². The van der Waals surface area contributed by atoms with Crippen LogP contribution in [0.4, 0.5) is 4.39 Å². The highest BCUT2D eigenvalue weighted by Gasteiger charge is 2.43. The number of hydrogen-bond donors (Lipinski definition) is 1. The van der Waals surface area contributed by atoms with Gasteiger partial charge in [0.15, 0.2) is 0 Å². The number of benzene rings is 2. The van der Waals surface area contributed by atoms with Crippen LogP contribution in [0.2, 0.25) is 0 Å². The third kappa shape index (κ3) is 5.48. The van der Waals surface area contributed by atoms with E-state index in [1.54, 1.807) is 19.2 Å². The van der Waals surface area contributed by atoms with E-state index < -0.39 is 5.97 Å². The molecule has 2 aromatic rings. The average molecular weight is 402 g/mol. The normalized spacial score (nSPS) is 18.0. The first-order valence-electron chi connectivity index (χ1n) is 9.83. The van der Waals surface area contributed by atoms with Crippen molar-refractivity contribution in [3.05, 3.63) is 47.8 Å². The summed E-state index contributed by atoms with van der Waals surface area (Å²) >= 11 is 0. The maximum absolute atomic E-state index is 14.5. The minimum absolute atomic E-state index is 0.00148. The van der Waals surface area contributed by atoms with Gasteiger partial charge in [0.25, 0.3) is 0 Å². The molecule has 3 rings (SSSR count). The van der Waals surface area contributed by atoms with E-state index in [0.717, 1.165) is 11.1 Å². The predicted octanol–water partition coefficient (Wildman–Crippen LogP) is 4.57. The van der Waals surface area contributed by atoms with E-state index in [1.165, 1.54) is 6.07 Å². The van der Waals surface area contributed by atoms with Crippen LogP contribution in [0, 0.1) is 17.7 Å². The molecule has 5 nitrogen and oxygen atoms in total. The molecule has 0 heterocycles. The Morgan fingerprint density at radius 1 is 1.24 bits per heavy atom. The minimum Gasteiger partial charge on any atom is -0.493 e. The fraction of sp³-hybridized carbons (Fsp3) is 0.435. The topological polar surface area (TPSA) is 65.0 Å². The van der Waals surface area contributed by atoms with Crippen LogP contribution in [0.15, 0.2) is 36.4 Å². The van der Waals surface area contributed by atoms with Gasteiger partial charge in [-0.25, -0.2) is 4.39 Å². The van der Waals surface area contributed by atoms with Gasteiger partial charge in [-0.05, 0) is 68.1 Å². The second kappa shape index (κ2) is 9.27. The second-order valence-electron chi connectivity index (χ2n) is 7.63. The van der Waals surface area contributed by atoms with Gasteiger partial charge in [0, 0.05) is 18.6 Å². The minimum atomic E-state index is -0.771. The van der Waals surface area contributed by atoms with E-state index >= 15 is 0 Å². The van der Waals surface area contributed by atoms with Crippen molar-refractivity contribution in [2.75, 3.05) is 20.3 Å². The molecule has 0 spiro atoms. The lowest BCUT2D eigenvalue weighted by molar-refractivity contribution is -0.138. The van der Waals surface area contributed by atoms with Gasteiger partial charge < -0.3 is 19.3 Å². The highest BCUT2D eigenvalue weighted by atomic mass is 19.1. The number of methoxy groups -OCH3 is 1. The van der Waals surface area contributed by atoms with Crippen LogP contribution in [0.25, 0.3) is 11.1 Å². The Hall–Kier alpha value is -2.60. The van der Waals surface area contributed by atoms with Crippen LogP contribution < -0.4 is 9.47 Å². The van der Waals surface area contributed by atoms with Crippen LogP contribution in [0.5, 0.6) is 11.5 Å². The molecule has 1 aliphatic carbocycles. The molecule has 1 aliphatic rings. The molecule has 1 N–H and O–H groups in total. The zero-order valence-corrected chi connectivity index (χ0v) is 17.0. The molecule has 0 aliphatic heterocycles. The third-order valence-electron chi connectivity index (χ3n) is 4.95. The lowest BCUT2D eigenvalue weighted by Crippen LogP contribution is -2.08. The van der Waals surface area contributed by atoms with Crippen molar-refractivity contribution in [2.24, 2.45) is 11.8 Å². The summed E-state index contributed by atoms with van der Waals surface area (Å²) in [4.78, 5) is 11.0. The van der Waals surface area contributed by atoms with Crippen molar-refractivity contribution in [3.8, 4) is 22.6 Å².